The molecule has 1 atom stereocenters. The Morgan fingerprint density at radius 2 is 2.26 bits per heavy atom. The van der Waals surface area contributed by atoms with E-state index in [2.05, 4.69) is 15.3 Å². The van der Waals surface area contributed by atoms with Gasteiger partial charge in [-0.15, -0.1) is 0 Å². The van der Waals surface area contributed by atoms with Crippen molar-refractivity contribution in [3.63, 3.8) is 0 Å². The van der Waals surface area contributed by atoms with Crippen molar-refractivity contribution < 1.29 is 9.53 Å². The molecule has 2 aliphatic rings. The van der Waals surface area contributed by atoms with Gasteiger partial charge in [-0.05, 0) is 32.6 Å². The fourth-order valence-corrected chi connectivity index (χ4v) is 2.43. The van der Waals surface area contributed by atoms with Crippen LogP contribution in [0.15, 0.2) is 6.20 Å². The lowest BCUT2D eigenvalue weighted by molar-refractivity contribution is -0.123. The van der Waals surface area contributed by atoms with Gasteiger partial charge >= 0.3 is 0 Å². The number of ether oxygens (including phenoxy) is 1. The normalized spacial score (nSPS) is 23.1. The number of nitrogens with one attached hydrogen (secondary N) is 1. The number of aryl methyl sites for hydroxylation is 1. The lowest BCUT2D eigenvalue weighted by Gasteiger charge is -2.21. The van der Waals surface area contributed by atoms with Crippen molar-refractivity contribution in [1.29, 1.82) is 0 Å². The molecule has 1 aliphatic carbocycles. The van der Waals surface area contributed by atoms with Crippen LogP contribution in [0.1, 0.15) is 43.1 Å². The molecule has 0 bridgehead atoms. The minimum atomic E-state index is -0.0397. The first-order chi connectivity index (χ1) is 9.24. The molecule has 1 unspecified atom stereocenters. The molecule has 102 valence electrons. The topological polar surface area (TPSA) is 64.1 Å². The van der Waals surface area contributed by atoms with E-state index in [9.17, 15) is 4.79 Å². The zero-order chi connectivity index (χ0) is 13.2. The van der Waals surface area contributed by atoms with E-state index < -0.39 is 0 Å². The van der Waals surface area contributed by atoms with Gasteiger partial charge in [-0.3, -0.25) is 4.79 Å². The average molecular weight is 261 g/mol. The van der Waals surface area contributed by atoms with Crippen molar-refractivity contribution in [2.45, 2.75) is 38.5 Å². The molecule has 0 radical (unpaired) electrons. The number of aromatic nitrogens is 2. The summed E-state index contributed by atoms with van der Waals surface area (Å²) in [5.41, 5.74) is 1.78. The van der Waals surface area contributed by atoms with Crippen LogP contribution >= 0.6 is 0 Å². The second-order valence-electron chi connectivity index (χ2n) is 5.39. The van der Waals surface area contributed by atoms with Crippen LogP contribution < -0.4 is 5.32 Å². The van der Waals surface area contributed by atoms with Crippen LogP contribution in [0.5, 0.6) is 0 Å². The second kappa shape index (κ2) is 5.25. The van der Waals surface area contributed by atoms with Gasteiger partial charge in [0.15, 0.2) is 0 Å². The fraction of sp³-hybridized carbons (Fsp3) is 0.643. The van der Waals surface area contributed by atoms with Gasteiger partial charge in [-0.2, -0.15) is 0 Å². The highest BCUT2D eigenvalue weighted by Gasteiger charge is 2.30. The maximum absolute atomic E-state index is 12.2. The molecular formula is C14H19N3O2. The van der Waals surface area contributed by atoms with Crippen LogP contribution in [-0.2, 0) is 9.53 Å². The molecule has 1 N–H and O–H groups in total. The molecule has 1 amide bonds. The molecule has 5 nitrogen and oxygen atoms in total. The fourth-order valence-electron chi connectivity index (χ4n) is 2.43. The molecular weight excluding hydrogens is 242 g/mol. The van der Waals surface area contributed by atoms with Crippen LogP contribution in [0.4, 0.5) is 5.69 Å². The molecule has 1 saturated carbocycles. The summed E-state index contributed by atoms with van der Waals surface area (Å²) in [4.78, 5) is 20.9. The summed E-state index contributed by atoms with van der Waals surface area (Å²) in [6.07, 6.45) is 5.91. The standard InChI is InChI=1S/C14H19N3O2/c1-9-15-7-12(13(16-9)10-4-5-10)17-14(18)11-3-2-6-19-8-11/h7,10-11H,2-6,8H2,1H3,(H,17,18). The molecule has 1 aliphatic heterocycles. The van der Waals surface area contributed by atoms with Crippen molar-refractivity contribution in [1.82, 2.24) is 9.97 Å². The Balaban J connectivity index is 1.73. The van der Waals surface area contributed by atoms with Gasteiger partial charge in [0, 0.05) is 12.5 Å². The Hall–Kier alpha value is -1.49. The van der Waals surface area contributed by atoms with E-state index in [1.54, 1.807) is 6.20 Å². The number of hydrogen-bond acceptors (Lipinski definition) is 4. The molecule has 2 heterocycles. The molecule has 2 fully saturated rings. The zero-order valence-corrected chi connectivity index (χ0v) is 11.2. The second-order valence-corrected chi connectivity index (χ2v) is 5.39. The summed E-state index contributed by atoms with van der Waals surface area (Å²) in [5.74, 6) is 1.26. The van der Waals surface area contributed by atoms with E-state index in [1.807, 2.05) is 6.92 Å². The number of carbonyl (C=O) groups is 1. The molecule has 0 spiro atoms. The van der Waals surface area contributed by atoms with Gasteiger partial charge in [0.2, 0.25) is 5.91 Å². The summed E-state index contributed by atoms with van der Waals surface area (Å²) in [7, 11) is 0. The van der Waals surface area contributed by atoms with E-state index in [0.717, 1.165) is 49.5 Å². The quantitative estimate of drug-likeness (QED) is 0.904. The highest BCUT2D eigenvalue weighted by atomic mass is 16.5. The summed E-state index contributed by atoms with van der Waals surface area (Å²) in [6.45, 7) is 3.18. The first-order valence-corrected chi connectivity index (χ1v) is 6.96. The van der Waals surface area contributed by atoms with Crippen molar-refractivity contribution in [2.24, 2.45) is 5.92 Å². The number of hydrogen-bond donors (Lipinski definition) is 1. The molecule has 0 aromatic carbocycles. The van der Waals surface area contributed by atoms with Gasteiger partial charge < -0.3 is 10.1 Å². The van der Waals surface area contributed by atoms with Crippen LogP contribution in [0.2, 0.25) is 0 Å². The molecule has 3 rings (SSSR count). The van der Waals surface area contributed by atoms with Crippen molar-refractivity contribution in [3.8, 4) is 0 Å². The van der Waals surface area contributed by atoms with E-state index in [-0.39, 0.29) is 11.8 Å². The van der Waals surface area contributed by atoms with Gasteiger partial charge in [-0.25, -0.2) is 9.97 Å². The highest BCUT2D eigenvalue weighted by Crippen LogP contribution is 2.42. The predicted molar refractivity (Wildman–Crippen MR) is 70.9 cm³/mol. The van der Waals surface area contributed by atoms with Crippen LogP contribution in [0.3, 0.4) is 0 Å². The molecule has 19 heavy (non-hydrogen) atoms. The number of anilines is 1. The van der Waals surface area contributed by atoms with Crippen molar-refractivity contribution in [2.75, 3.05) is 18.5 Å². The van der Waals surface area contributed by atoms with Crippen molar-refractivity contribution >= 4 is 11.6 Å². The minimum Gasteiger partial charge on any atom is -0.381 e. The smallest absolute Gasteiger partial charge is 0.229 e. The SMILES string of the molecule is Cc1ncc(NC(=O)C2CCCOC2)c(C2CC2)n1. The van der Waals surface area contributed by atoms with E-state index in [0.29, 0.717) is 12.5 Å². The summed E-state index contributed by atoms with van der Waals surface area (Å²) in [6, 6.07) is 0. The monoisotopic (exact) mass is 261 g/mol. The number of rotatable bonds is 3. The predicted octanol–water partition coefficient (Wildman–Crippen LogP) is 2.03. The van der Waals surface area contributed by atoms with Crippen LogP contribution in [0.25, 0.3) is 0 Å². The largest absolute Gasteiger partial charge is 0.381 e. The lowest BCUT2D eigenvalue weighted by Crippen LogP contribution is -2.30. The van der Waals surface area contributed by atoms with Gasteiger partial charge in [0.1, 0.15) is 5.82 Å². The molecule has 1 saturated heterocycles. The summed E-state index contributed by atoms with van der Waals surface area (Å²) in [5, 5.41) is 2.98. The minimum absolute atomic E-state index is 0.0362. The first kappa shape index (κ1) is 12.5. The van der Waals surface area contributed by atoms with Gasteiger partial charge in [0.25, 0.3) is 0 Å². The highest BCUT2D eigenvalue weighted by molar-refractivity contribution is 5.93. The Morgan fingerprint density at radius 1 is 1.42 bits per heavy atom. The number of nitrogens with zero attached hydrogens (tertiary/aromatic N) is 2. The Kier molecular flexibility index (Phi) is 3.46. The Labute approximate surface area is 112 Å². The van der Waals surface area contributed by atoms with Crippen LogP contribution in [0, 0.1) is 12.8 Å². The lowest BCUT2D eigenvalue weighted by atomic mass is 10.0. The summed E-state index contributed by atoms with van der Waals surface area (Å²) >= 11 is 0. The van der Waals surface area contributed by atoms with Crippen LogP contribution in [-0.4, -0.2) is 29.1 Å². The van der Waals surface area contributed by atoms with Gasteiger partial charge in [0.05, 0.1) is 30.1 Å². The third-order valence-corrected chi connectivity index (χ3v) is 3.69. The average Bonchev–Trinajstić information content (AvgIpc) is 3.26. The Bertz CT molecular complexity index is 480. The third-order valence-electron chi connectivity index (χ3n) is 3.69. The summed E-state index contributed by atoms with van der Waals surface area (Å²) < 4.78 is 5.36. The maximum Gasteiger partial charge on any atom is 0.229 e. The van der Waals surface area contributed by atoms with E-state index in [4.69, 9.17) is 4.74 Å². The van der Waals surface area contributed by atoms with E-state index in [1.165, 1.54) is 0 Å². The number of amides is 1. The zero-order valence-electron chi connectivity index (χ0n) is 11.2. The van der Waals surface area contributed by atoms with Gasteiger partial charge in [-0.1, -0.05) is 0 Å². The van der Waals surface area contributed by atoms with Crippen molar-refractivity contribution in [3.05, 3.63) is 17.7 Å². The maximum atomic E-state index is 12.2. The molecule has 5 heteroatoms. The Morgan fingerprint density at radius 3 is 2.95 bits per heavy atom. The first-order valence-electron chi connectivity index (χ1n) is 6.96. The molecule has 1 aromatic rings. The molecule has 1 aromatic heterocycles. The number of carbonyl (C=O) groups excluding carboxylic acids is 1. The van der Waals surface area contributed by atoms with E-state index >= 15 is 0 Å². The third kappa shape index (κ3) is 2.92.